The summed E-state index contributed by atoms with van der Waals surface area (Å²) in [6.07, 6.45) is 8.61. The molecule has 1 aliphatic heterocycles. The first-order valence-electron chi connectivity index (χ1n) is 8.94. The molecular weight excluding hydrogens is 256 g/mol. The van der Waals surface area contributed by atoms with Crippen LogP contribution in [0.3, 0.4) is 0 Å². The van der Waals surface area contributed by atoms with Crippen molar-refractivity contribution in [2.75, 3.05) is 19.6 Å². The highest BCUT2D eigenvalue weighted by Gasteiger charge is 2.41. The van der Waals surface area contributed by atoms with Crippen molar-refractivity contribution in [2.24, 2.45) is 11.8 Å². The third-order valence-electron chi connectivity index (χ3n) is 5.57. The van der Waals surface area contributed by atoms with Gasteiger partial charge in [-0.05, 0) is 69.0 Å². The van der Waals surface area contributed by atoms with Crippen LogP contribution in [0.5, 0.6) is 0 Å². The van der Waals surface area contributed by atoms with Gasteiger partial charge in [-0.2, -0.15) is 0 Å². The maximum absolute atomic E-state index is 3.98. The minimum absolute atomic E-state index is 0.577. The highest BCUT2D eigenvalue weighted by Crippen LogP contribution is 2.44. The van der Waals surface area contributed by atoms with Gasteiger partial charge < -0.3 is 5.32 Å². The Hall–Kier alpha value is -0.860. The number of likely N-dealkylation sites (tertiary alicyclic amines) is 1. The number of nitrogens with one attached hydrogen (secondary N) is 1. The van der Waals surface area contributed by atoms with Crippen LogP contribution in [0.1, 0.15) is 50.1 Å². The molecule has 1 aromatic carbocycles. The van der Waals surface area contributed by atoms with Gasteiger partial charge in [0.1, 0.15) is 0 Å². The highest BCUT2D eigenvalue weighted by molar-refractivity contribution is 5.20. The smallest absolute Gasteiger partial charge is 0.0472 e. The summed E-state index contributed by atoms with van der Waals surface area (Å²) in [6.45, 7) is 3.69. The van der Waals surface area contributed by atoms with Crippen molar-refractivity contribution in [1.82, 2.24) is 10.2 Å². The first-order valence-corrected chi connectivity index (χ1v) is 8.94. The molecule has 1 aromatic rings. The fraction of sp³-hybridized carbons (Fsp3) is 0.684. The minimum atomic E-state index is 0.577. The Morgan fingerprint density at radius 2 is 1.57 bits per heavy atom. The number of rotatable bonds is 7. The second kappa shape index (κ2) is 6.10. The fourth-order valence-electron chi connectivity index (χ4n) is 4.06. The Morgan fingerprint density at radius 1 is 0.952 bits per heavy atom. The summed E-state index contributed by atoms with van der Waals surface area (Å²) >= 11 is 0. The van der Waals surface area contributed by atoms with E-state index in [-0.39, 0.29) is 0 Å². The van der Waals surface area contributed by atoms with Crippen molar-refractivity contribution in [3.63, 3.8) is 0 Å². The summed E-state index contributed by atoms with van der Waals surface area (Å²) in [4.78, 5) is 2.69. The van der Waals surface area contributed by atoms with Gasteiger partial charge in [0.25, 0.3) is 0 Å². The van der Waals surface area contributed by atoms with Gasteiger partial charge in [-0.15, -0.1) is 0 Å². The lowest BCUT2D eigenvalue weighted by atomic mass is 10.0. The van der Waals surface area contributed by atoms with Gasteiger partial charge in [-0.1, -0.05) is 30.3 Å². The van der Waals surface area contributed by atoms with Gasteiger partial charge in [-0.25, -0.2) is 0 Å². The molecule has 0 amide bonds. The molecule has 0 aromatic heterocycles. The van der Waals surface area contributed by atoms with E-state index >= 15 is 0 Å². The summed E-state index contributed by atoms with van der Waals surface area (Å²) in [7, 11) is 0. The Bertz CT molecular complexity index is 432. The molecule has 1 heterocycles. The molecule has 0 bridgehead atoms. The third-order valence-corrected chi connectivity index (χ3v) is 5.57. The standard InChI is InChI=1S/C19H28N2/c1-2-6-15(7-3-1)18(21-12-4-5-13-21)14-20-19(16-8-9-16)17-10-11-17/h1-3,6-7,16-20H,4-5,8-14H2. The Balaban J connectivity index is 1.44. The Morgan fingerprint density at radius 3 is 2.14 bits per heavy atom. The molecule has 3 fully saturated rings. The van der Waals surface area contributed by atoms with Crippen molar-refractivity contribution in [2.45, 2.75) is 50.6 Å². The summed E-state index contributed by atoms with van der Waals surface area (Å²) in [6, 6.07) is 12.5. The third kappa shape index (κ3) is 3.32. The van der Waals surface area contributed by atoms with Crippen LogP contribution in [0.15, 0.2) is 30.3 Å². The van der Waals surface area contributed by atoms with Gasteiger partial charge in [0.05, 0.1) is 0 Å². The number of hydrogen-bond donors (Lipinski definition) is 1. The minimum Gasteiger partial charge on any atom is -0.312 e. The second-order valence-corrected chi connectivity index (χ2v) is 7.28. The zero-order valence-electron chi connectivity index (χ0n) is 13.0. The maximum atomic E-state index is 3.98. The van der Waals surface area contributed by atoms with E-state index in [0.717, 1.165) is 24.4 Å². The topological polar surface area (TPSA) is 15.3 Å². The van der Waals surface area contributed by atoms with Crippen LogP contribution in [-0.2, 0) is 0 Å². The van der Waals surface area contributed by atoms with Crippen molar-refractivity contribution >= 4 is 0 Å². The number of hydrogen-bond acceptors (Lipinski definition) is 2. The average Bonchev–Trinajstić information content (AvgIpc) is 3.46. The zero-order valence-corrected chi connectivity index (χ0v) is 13.0. The summed E-state index contributed by atoms with van der Waals surface area (Å²) in [5, 5.41) is 3.98. The lowest BCUT2D eigenvalue weighted by Gasteiger charge is -2.30. The van der Waals surface area contributed by atoms with Crippen molar-refractivity contribution in [3.8, 4) is 0 Å². The highest BCUT2D eigenvalue weighted by atomic mass is 15.2. The van der Waals surface area contributed by atoms with Crippen LogP contribution in [0, 0.1) is 11.8 Å². The molecule has 1 atom stereocenters. The number of nitrogens with zero attached hydrogens (tertiary/aromatic N) is 1. The van der Waals surface area contributed by atoms with Crippen LogP contribution < -0.4 is 5.32 Å². The van der Waals surface area contributed by atoms with E-state index in [1.807, 2.05) is 0 Å². The van der Waals surface area contributed by atoms with Gasteiger partial charge in [0.2, 0.25) is 0 Å². The summed E-state index contributed by atoms with van der Waals surface area (Å²) < 4.78 is 0. The van der Waals surface area contributed by atoms with E-state index < -0.39 is 0 Å². The van der Waals surface area contributed by atoms with Crippen LogP contribution in [0.25, 0.3) is 0 Å². The molecular formula is C19H28N2. The lowest BCUT2D eigenvalue weighted by Crippen LogP contribution is -2.40. The molecule has 0 spiro atoms. The monoisotopic (exact) mass is 284 g/mol. The van der Waals surface area contributed by atoms with E-state index in [1.54, 1.807) is 0 Å². The molecule has 4 rings (SSSR count). The normalized spacial score (nSPS) is 24.6. The van der Waals surface area contributed by atoms with E-state index in [1.165, 1.54) is 57.2 Å². The van der Waals surface area contributed by atoms with E-state index in [0.29, 0.717) is 6.04 Å². The van der Waals surface area contributed by atoms with Gasteiger partial charge >= 0.3 is 0 Å². The molecule has 2 aliphatic carbocycles. The van der Waals surface area contributed by atoms with E-state index in [9.17, 15) is 0 Å². The van der Waals surface area contributed by atoms with Crippen molar-refractivity contribution < 1.29 is 0 Å². The average molecular weight is 284 g/mol. The molecule has 1 unspecified atom stereocenters. The van der Waals surface area contributed by atoms with Gasteiger partial charge in [0.15, 0.2) is 0 Å². The predicted molar refractivity (Wildman–Crippen MR) is 87.2 cm³/mol. The molecule has 1 saturated heterocycles. The maximum Gasteiger partial charge on any atom is 0.0472 e. The van der Waals surface area contributed by atoms with E-state index in [4.69, 9.17) is 0 Å². The van der Waals surface area contributed by atoms with Crippen LogP contribution in [-0.4, -0.2) is 30.6 Å². The first-order chi connectivity index (χ1) is 10.4. The molecule has 114 valence electrons. The molecule has 2 saturated carbocycles. The molecule has 21 heavy (non-hydrogen) atoms. The molecule has 2 nitrogen and oxygen atoms in total. The van der Waals surface area contributed by atoms with Crippen LogP contribution in [0.4, 0.5) is 0 Å². The second-order valence-electron chi connectivity index (χ2n) is 7.28. The van der Waals surface area contributed by atoms with Crippen LogP contribution >= 0.6 is 0 Å². The first kappa shape index (κ1) is 13.8. The largest absolute Gasteiger partial charge is 0.312 e. The quantitative estimate of drug-likeness (QED) is 0.823. The Kier molecular flexibility index (Phi) is 4.00. The van der Waals surface area contributed by atoms with Crippen LogP contribution in [0.2, 0.25) is 0 Å². The molecule has 2 heteroatoms. The SMILES string of the molecule is c1ccc(C(CNC(C2CC2)C2CC2)N2CCCC2)cc1. The lowest BCUT2D eigenvalue weighted by molar-refractivity contribution is 0.226. The van der Waals surface area contributed by atoms with E-state index in [2.05, 4.69) is 40.5 Å². The molecule has 0 radical (unpaired) electrons. The van der Waals surface area contributed by atoms with Gasteiger partial charge in [0, 0.05) is 18.6 Å². The predicted octanol–water partition coefficient (Wildman–Crippen LogP) is 3.60. The fourth-order valence-corrected chi connectivity index (χ4v) is 4.06. The molecule has 1 N–H and O–H groups in total. The Labute approximate surface area is 128 Å². The van der Waals surface area contributed by atoms with Gasteiger partial charge in [-0.3, -0.25) is 4.90 Å². The summed E-state index contributed by atoms with van der Waals surface area (Å²) in [5.41, 5.74) is 1.50. The number of benzene rings is 1. The van der Waals surface area contributed by atoms with Crippen molar-refractivity contribution in [3.05, 3.63) is 35.9 Å². The van der Waals surface area contributed by atoms with Crippen molar-refractivity contribution in [1.29, 1.82) is 0 Å². The molecule has 3 aliphatic rings. The zero-order chi connectivity index (χ0) is 14.1. The summed E-state index contributed by atoms with van der Waals surface area (Å²) in [5.74, 6) is 1.99.